The van der Waals surface area contributed by atoms with Crippen molar-refractivity contribution < 1.29 is 9.47 Å². The lowest BCUT2D eigenvalue weighted by Gasteiger charge is -2.10. The van der Waals surface area contributed by atoms with E-state index in [4.69, 9.17) is 9.47 Å². The number of nitrogens with one attached hydrogen (secondary N) is 2. The maximum absolute atomic E-state index is 5.31. The number of hydrogen-bond donors (Lipinski definition) is 2. The number of nitrogens with zero attached hydrogens (tertiary/aromatic N) is 1. The number of methoxy groups -OCH3 is 2. The molecule has 0 bridgehead atoms. The Bertz CT molecular complexity index is 752. The molecule has 1 aromatic heterocycles. The van der Waals surface area contributed by atoms with Gasteiger partial charge in [0.25, 0.3) is 0 Å². The van der Waals surface area contributed by atoms with Gasteiger partial charge in [0.05, 0.1) is 19.7 Å². The highest BCUT2D eigenvalue weighted by molar-refractivity contribution is 5.89. The maximum Gasteiger partial charge on any atom is 0.161 e. The number of aromatic amines is 1. The van der Waals surface area contributed by atoms with E-state index in [1.807, 2.05) is 42.5 Å². The van der Waals surface area contributed by atoms with Crippen LogP contribution in [-0.2, 0) is 6.54 Å². The van der Waals surface area contributed by atoms with Gasteiger partial charge >= 0.3 is 0 Å². The second-order valence-electron chi connectivity index (χ2n) is 4.66. The van der Waals surface area contributed by atoms with Crippen LogP contribution in [0.25, 0.3) is 10.9 Å². The third kappa shape index (κ3) is 2.63. The summed E-state index contributed by atoms with van der Waals surface area (Å²) in [6.07, 6.45) is 0. The second-order valence-corrected chi connectivity index (χ2v) is 4.66. The number of ether oxygens (including phenoxy) is 2. The topological polar surface area (TPSA) is 59.2 Å². The highest BCUT2D eigenvalue weighted by Gasteiger charge is 2.07. The Labute approximate surface area is 122 Å². The number of fused-ring (bicyclic) bond motifs is 1. The first-order valence-electron chi connectivity index (χ1n) is 6.69. The first-order chi connectivity index (χ1) is 10.3. The fraction of sp³-hybridized carbons (Fsp3) is 0.188. The van der Waals surface area contributed by atoms with Crippen LogP contribution in [0.2, 0.25) is 0 Å². The van der Waals surface area contributed by atoms with Crippen LogP contribution in [0.1, 0.15) is 5.56 Å². The van der Waals surface area contributed by atoms with Gasteiger partial charge in [-0.1, -0.05) is 18.2 Å². The molecule has 108 valence electrons. The minimum absolute atomic E-state index is 0.662. The Morgan fingerprint density at radius 3 is 2.67 bits per heavy atom. The number of aromatic nitrogens is 2. The first-order valence-corrected chi connectivity index (χ1v) is 6.69. The molecule has 21 heavy (non-hydrogen) atoms. The molecule has 0 amide bonds. The minimum atomic E-state index is 0.662. The maximum atomic E-state index is 5.31. The lowest BCUT2D eigenvalue weighted by molar-refractivity contribution is 0.354. The first kappa shape index (κ1) is 13.3. The number of hydrogen-bond acceptors (Lipinski definition) is 4. The van der Waals surface area contributed by atoms with Gasteiger partial charge in [-0.05, 0) is 29.8 Å². The highest BCUT2D eigenvalue weighted by Crippen LogP contribution is 2.28. The second kappa shape index (κ2) is 5.75. The zero-order chi connectivity index (χ0) is 14.7. The molecule has 1 heterocycles. The van der Waals surface area contributed by atoms with Crippen LogP contribution in [0.3, 0.4) is 0 Å². The molecule has 2 N–H and O–H groups in total. The average molecular weight is 283 g/mol. The van der Waals surface area contributed by atoms with Crippen LogP contribution in [-0.4, -0.2) is 24.4 Å². The molecular weight excluding hydrogens is 266 g/mol. The fourth-order valence-corrected chi connectivity index (χ4v) is 2.27. The van der Waals surface area contributed by atoms with Crippen LogP contribution in [0.4, 0.5) is 5.82 Å². The van der Waals surface area contributed by atoms with Gasteiger partial charge in [0.2, 0.25) is 0 Å². The summed E-state index contributed by atoms with van der Waals surface area (Å²) in [7, 11) is 3.27. The normalized spacial score (nSPS) is 10.6. The summed E-state index contributed by atoms with van der Waals surface area (Å²) in [5.41, 5.74) is 2.12. The minimum Gasteiger partial charge on any atom is -0.493 e. The molecule has 3 rings (SSSR count). The monoisotopic (exact) mass is 283 g/mol. The molecule has 0 fully saturated rings. The van der Waals surface area contributed by atoms with Gasteiger partial charge in [0.15, 0.2) is 17.3 Å². The number of anilines is 1. The van der Waals surface area contributed by atoms with E-state index >= 15 is 0 Å². The van der Waals surface area contributed by atoms with Gasteiger partial charge in [-0.25, -0.2) is 0 Å². The predicted molar refractivity (Wildman–Crippen MR) is 83.0 cm³/mol. The van der Waals surface area contributed by atoms with E-state index in [2.05, 4.69) is 15.5 Å². The van der Waals surface area contributed by atoms with Crippen molar-refractivity contribution in [2.45, 2.75) is 6.54 Å². The lowest BCUT2D eigenvalue weighted by Crippen LogP contribution is -2.01. The molecule has 0 aliphatic carbocycles. The molecule has 3 aromatic rings. The van der Waals surface area contributed by atoms with E-state index in [9.17, 15) is 0 Å². The van der Waals surface area contributed by atoms with Gasteiger partial charge in [-0.15, -0.1) is 0 Å². The van der Waals surface area contributed by atoms with Crippen molar-refractivity contribution in [3.8, 4) is 11.5 Å². The van der Waals surface area contributed by atoms with E-state index in [-0.39, 0.29) is 0 Å². The van der Waals surface area contributed by atoms with Gasteiger partial charge in [0, 0.05) is 11.9 Å². The summed E-state index contributed by atoms with van der Waals surface area (Å²) in [6, 6.07) is 13.9. The van der Waals surface area contributed by atoms with Crippen molar-refractivity contribution >= 4 is 16.7 Å². The predicted octanol–water partition coefficient (Wildman–Crippen LogP) is 3.19. The van der Waals surface area contributed by atoms with Crippen molar-refractivity contribution in [3.05, 3.63) is 48.0 Å². The van der Waals surface area contributed by atoms with E-state index in [0.717, 1.165) is 33.8 Å². The summed E-state index contributed by atoms with van der Waals surface area (Å²) in [4.78, 5) is 0. The smallest absolute Gasteiger partial charge is 0.161 e. The van der Waals surface area contributed by atoms with Crippen molar-refractivity contribution in [3.63, 3.8) is 0 Å². The van der Waals surface area contributed by atoms with Gasteiger partial charge in [-0.3, -0.25) is 5.10 Å². The molecule has 0 aliphatic rings. The Morgan fingerprint density at radius 1 is 1.05 bits per heavy atom. The van der Waals surface area contributed by atoms with Crippen molar-refractivity contribution in [2.24, 2.45) is 0 Å². The summed E-state index contributed by atoms with van der Waals surface area (Å²) < 4.78 is 10.5. The molecule has 5 nitrogen and oxygen atoms in total. The standard InChI is InChI=1S/C16H17N3O2/c1-20-14-8-7-11(9-15(14)21-2)10-17-16-12-5-3-4-6-13(12)18-19-16/h3-9H,10H2,1-2H3,(H2,17,18,19). The molecule has 0 aliphatic heterocycles. The van der Waals surface area contributed by atoms with E-state index in [1.54, 1.807) is 14.2 Å². The van der Waals surface area contributed by atoms with E-state index < -0.39 is 0 Å². The zero-order valence-electron chi connectivity index (χ0n) is 12.0. The van der Waals surface area contributed by atoms with Crippen LogP contribution >= 0.6 is 0 Å². The summed E-state index contributed by atoms with van der Waals surface area (Å²) in [5.74, 6) is 2.30. The third-order valence-corrected chi connectivity index (χ3v) is 3.38. The van der Waals surface area contributed by atoms with Crippen LogP contribution in [0, 0.1) is 0 Å². The van der Waals surface area contributed by atoms with Crippen LogP contribution < -0.4 is 14.8 Å². The molecular formula is C16H17N3O2. The molecule has 0 spiro atoms. The number of H-pyrrole nitrogens is 1. The fourth-order valence-electron chi connectivity index (χ4n) is 2.27. The summed E-state index contributed by atoms with van der Waals surface area (Å²) in [6.45, 7) is 0.662. The summed E-state index contributed by atoms with van der Waals surface area (Å²) in [5, 5.41) is 11.7. The van der Waals surface area contributed by atoms with Crippen molar-refractivity contribution in [1.29, 1.82) is 0 Å². The Hall–Kier alpha value is -2.69. The SMILES string of the molecule is COc1ccc(CNc2n[nH]c3ccccc23)cc1OC. The Balaban J connectivity index is 1.78. The van der Waals surface area contributed by atoms with Gasteiger partial charge in [0.1, 0.15) is 0 Å². The third-order valence-electron chi connectivity index (χ3n) is 3.38. The quantitative estimate of drug-likeness (QED) is 0.755. The molecule has 5 heteroatoms. The number of benzene rings is 2. The Morgan fingerprint density at radius 2 is 1.86 bits per heavy atom. The van der Waals surface area contributed by atoms with Crippen LogP contribution in [0.15, 0.2) is 42.5 Å². The molecule has 0 atom stereocenters. The van der Waals surface area contributed by atoms with Crippen LogP contribution in [0.5, 0.6) is 11.5 Å². The lowest BCUT2D eigenvalue weighted by atomic mass is 10.2. The largest absolute Gasteiger partial charge is 0.493 e. The average Bonchev–Trinajstić information content (AvgIpc) is 2.96. The number of para-hydroxylation sites is 1. The van der Waals surface area contributed by atoms with Crippen molar-refractivity contribution in [2.75, 3.05) is 19.5 Å². The van der Waals surface area contributed by atoms with E-state index in [0.29, 0.717) is 6.54 Å². The number of rotatable bonds is 5. The van der Waals surface area contributed by atoms with Gasteiger partial charge in [-0.2, -0.15) is 5.10 Å². The molecule has 0 radical (unpaired) electrons. The summed E-state index contributed by atoms with van der Waals surface area (Å²) >= 11 is 0. The molecule has 0 unspecified atom stereocenters. The van der Waals surface area contributed by atoms with Crippen molar-refractivity contribution in [1.82, 2.24) is 10.2 Å². The molecule has 0 saturated carbocycles. The molecule has 2 aromatic carbocycles. The zero-order valence-corrected chi connectivity index (χ0v) is 12.0. The van der Waals surface area contributed by atoms with E-state index in [1.165, 1.54) is 0 Å². The highest BCUT2D eigenvalue weighted by atomic mass is 16.5. The van der Waals surface area contributed by atoms with Gasteiger partial charge < -0.3 is 14.8 Å². The molecule has 0 saturated heterocycles. The Kier molecular flexibility index (Phi) is 3.64.